The number of anilines is 1. The number of nitrogens with zero attached hydrogens (tertiary/aromatic N) is 1. The molecule has 3 rings (SSSR count). The molecule has 1 N–H and O–H groups in total. The monoisotopic (exact) mass is 342 g/mol. The lowest BCUT2D eigenvalue weighted by Gasteiger charge is -2.17. The standard InChI is InChI=1S/C19H19FN2OS/c1-13-11-21-19(24-12-14-7-3-2-4-8-14)17(13)18(23)22-16-10-6-5-9-15(16)20/h2-10,13,17H,11-12H2,1H3,(H,22,23). The van der Waals surface area contributed by atoms with E-state index in [9.17, 15) is 9.18 Å². The SMILES string of the molecule is CC1CN=C(SCc2ccccc2)C1C(=O)Nc1ccccc1F. The van der Waals surface area contributed by atoms with Gasteiger partial charge in [0.05, 0.1) is 16.6 Å². The second-order valence-electron chi connectivity index (χ2n) is 5.88. The highest BCUT2D eigenvalue weighted by atomic mass is 32.2. The van der Waals surface area contributed by atoms with Crippen LogP contribution in [0.25, 0.3) is 0 Å². The normalized spacial score (nSPS) is 19.8. The summed E-state index contributed by atoms with van der Waals surface area (Å²) in [7, 11) is 0. The Morgan fingerprint density at radius 3 is 2.67 bits per heavy atom. The number of carbonyl (C=O) groups excluding carboxylic acids is 1. The Hall–Kier alpha value is -2.14. The minimum atomic E-state index is -0.424. The first-order chi connectivity index (χ1) is 11.6. The highest BCUT2D eigenvalue weighted by Crippen LogP contribution is 2.31. The van der Waals surface area contributed by atoms with Crippen molar-refractivity contribution in [3.8, 4) is 0 Å². The lowest BCUT2D eigenvalue weighted by atomic mass is 9.97. The molecule has 0 spiro atoms. The third-order valence-electron chi connectivity index (χ3n) is 4.01. The number of thioether (sulfide) groups is 1. The molecule has 1 aliphatic rings. The summed E-state index contributed by atoms with van der Waals surface area (Å²) in [6.45, 7) is 2.64. The number of halogens is 1. The Morgan fingerprint density at radius 1 is 1.21 bits per heavy atom. The van der Waals surface area contributed by atoms with Gasteiger partial charge in [-0.2, -0.15) is 0 Å². The number of aliphatic imine (C=N–C) groups is 1. The molecule has 2 aromatic carbocycles. The molecular weight excluding hydrogens is 323 g/mol. The van der Waals surface area contributed by atoms with Gasteiger partial charge in [-0.25, -0.2) is 4.39 Å². The number of para-hydroxylation sites is 1. The summed E-state index contributed by atoms with van der Waals surface area (Å²) in [5, 5.41) is 3.54. The predicted octanol–water partition coefficient (Wildman–Crippen LogP) is 4.36. The largest absolute Gasteiger partial charge is 0.323 e. The minimum absolute atomic E-state index is 0.120. The summed E-state index contributed by atoms with van der Waals surface area (Å²) in [6, 6.07) is 16.3. The van der Waals surface area contributed by atoms with Crippen LogP contribution in [0.4, 0.5) is 10.1 Å². The molecule has 0 aliphatic carbocycles. The van der Waals surface area contributed by atoms with Crippen molar-refractivity contribution in [2.45, 2.75) is 12.7 Å². The van der Waals surface area contributed by atoms with Crippen LogP contribution < -0.4 is 5.32 Å². The summed E-state index contributed by atoms with van der Waals surface area (Å²) < 4.78 is 13.8. The number of hydrogen-bond acceptors (Lipinski definition) is 3. The number of rotatable bonds is 4. The van der Waals surface area contributed by atoms with Crippen LogP contribution in [-0.2, 0) is 10.5 Å². The van der Waals surface area contributed by atoms with Gasteiger partial charge in [0.2, 0.25) is 5.91 Å². The average molecular weight is 342 g/mol. The third kappa shape index (κ3) is 3.85. The maximum absolute atomic E-state index is 13.8. The number of hydrogen-bond donors (Lipinski definition) is 1. The fourth-order valence-corrected chi connectivity index (χ4v) is 3.88. The molecule has 24 heavy (non-hydrogen) atoms. The lowest BCUT2D eigenvalue weighted by Crippen LogP contribution is -2.31. The van der Waals surface area contributed by atoms with E-state index in [1.807, 2.05) is 25.1 Å². The van der Waals surface area contributed by atoms with Gasteiger partial charge in [-0.1, -0.05) is 49.4 Å². The van der Waals surface area contributed by atoms with E-state index in [1.54, 1.807) is 30.0 Å². The van der Waals surface area contributed by atoms with E-state index in [2.05, 4.69) is 22.4 Å². The maximum Gasteiger partial charge on any atom is 0.234 e. The quantitative estimate of drug-likeness (QED) is 0.897. The van der Waals surface area contributed by atoms with E-state index in [4.69, 9.17) is 0 Å². The topological polar surface area (TPSA) is 41.5 Å². The van der Waals surface area contributed by atoms with Crippen molar-refractivity contribution in [1.82, 2.24) is 0 Å². The molecule has 0 radical (unpaired) electrons. The Labute approximate surface area is 145 Å². The van der Waals surface area contributed by atoms with Gasteiger partial charge in [-0.05, 0) is 23.6 Å². The van der Waals surface area contributed by atoms with Gasteiger partial charge in [-0.3, -0.25) is 9.79 Å². The first-order valence-electron chi connectivity index (χ1n) is 7.91. The Bertz CT molecular complexity index is 748. The van der Waals surface area contributed by atoms with Crippen molar-refractivity contribution in [2.75, 3.05) is 11.9 Å². The minimum Gasteiger partial charge on any atom is -0.323 e. The molecule has 2 atom stereocenters. The van der Waals surface area contributed by atoms with Crippen molar-refractivity contribution in [1.29, 1.82) is 0 Å². The van der Waals surface area contributed by atoms with E-state index in [-0.39, 0.29) is 23.4 Å². The zero-order valence-corrected chi connectivity index (χ0v) is 14.2. The first kappa shape index (κ1) is 16.7. The van der Waals surface area contributed by atoms with Gasteiger partial charge >= 0.3 is 0 Å². The Kier molecular flexibility index (Phi) is 5.30. The van der Waals surface area contributed by atoms with Crippen LogP contribution in [0.15, 0.2) is 59.6 Å². The summed E-state index contributed by atoms with van der Waals surface area (Å²) in [4.78, 5) is 17.2. The van der Waals surface area contributed by atoms with E-state index in [0.717, 1.165) is 10.8 Å². The van der Waals surface area contributed by atoms with Crippen LogP contribution in [0, 0.1) is 17.7 Å². The molecule has 0 bridgehead atoms. The number of carbonyl (C=O) groups is 1. The van der Waals surface area contributed by atoms with E-state index < -0.39 is 5.82 Å². The highest BCUT2D eigenvalue weighted by Gasteiger charge is 2.35. The zero-order chi connectivity index (χ0) is 16.9. The van der Waals surface area contributed by atoms with Crippen LogP contribution in [0.5, 0.6) is 0 Å². The van der Waals surface area contributed by atoms with Crippen molar-refractivity contribution in [2.24, 2.45) is 16.8 Å². The van der Waals surface area contributed by atoms with Gasteiger partial charge < -0.3 is 5.32 Å². The molecule has 0 saturated carbocycles. The van der Waals surface area contributed by atoms with Crippen molar-refractivity contribution in [3.63, 3.8) is 0 Å². The molecule has 0 aromatic heterocycles. The molecule has 5 heteroatoms. The molecule has 0 fully saturated rings. The molecule has 2 aromatic rings. The predicted molar refractivity (Wildman–Crippen MR) is 97.7 cm³/mol. The van der Waals surface area contributed by atoms with Crippen molar-refractivity contribution in [3.05, 3.63) is 66.0 Å². The zero-order valence-electron chi connectivity index (χ0n) is 13.4. The van der Waals surface area contributed by atoms with E-state index >= 15 is 0 Å². The second kappa shape index (κ2) is 7.62. The lowest BCUT2D eigenvalue weighted by molar-refractivity contribution is -0.118. The van der Waals surface area contributed by atoms with E-state index in [0.29, 0.717) is 6.54 Å². The summed E-state index contributed by atoms with van der Waals surface area (Å²) in [5.74, 6) is -0.0414. The van der Waals surface area contributed by atoms with Gasteiger partial charge in [0.1, 0.15) is 5.82 Å². The van der Waals surface area contributed by atoms with Crippen molar-refractivity contribution >= 4 is 28.4 Å². The van der Waals surface area contributed by atoms with Gasteiger partial charge in [0.15, 0.2) is 0 Å². The van der Waals surface area contributed by atoms with Gasteiger partial charge in [0, 0.05) is 12.3 Å². The van der Waals surface area contributed by atoms with Crippen LogP contribution in [0.2, 0.25) is 0 Å². The number of nitrogens with one attached hydrogen (secondary N) is 1. The van der Waals surface area contributed by atoms with Crippen molar-refractivity contribution < 1.29 is 9.18 Å². The summed E-state index contributed by atoms with van der Waals surface area (Å²) in [6.07, 6.45) is 0. The number of benzene rings is 2. The molecule has 2 unspecified atom stereocenters. The molecule has 3 nitrogen and oxygen atoms in total. The van der Waals surface area contributed by atoms with Crippen LogP contribution in [-0.4, -0.2) is 17.5 Å². The molecule has 1 aliphatic heterocycles. The van der Waals surface area contributed by atoms with Crippen LogP contribution in [0.3, 0.4) is 0 Å². The third-order valence-corrected chi connectivity index (χ3v) is 5.17. The molecule has 124 valence electrons. The van der Waals surface area contributed by atoms with Gasteiger partial charge in [0.25, 0.3) is 0 Å². The van der Waals surface area contributed by atoms with Crippen LogP contribution in [0.1, 0.15) is 12.5 Å². The first-order valence-corrected chi connectivity index (χ1v) is 8.90. The number of amides is 1. The van der Waals surface area contributed by atoms with E-state index in [1.165, 1.54) is 11.6 Å². The van der Waals surface area contributed by atoms with Gasteiger partial charge in [-0.15, -0.1) is 11.8 Å². The fraction of sp³-hybridized carbons (Fsp3) is 0.263. The summed E-state index contributed by atoms with van der Waals surface area (Å²) >= 11 is 1.59. The van der Waals surface area contributed by atoms with Crippen LogP contribution >= 0.6 is 11.8 Å². The Morgan fingerprint density at radius 2 is 1.92 bits per heavy atom. The smallest absolute Gasteiger partial charge is 0.234 e. The average Bonchev–Trinajstić information content (AvgIpc) is 2.97. The highest BCUT2D eigenvalue weighted by molar-refractivity contribution is 8.13. The molecular formula is C19H19FN2OS. The molecule has 1 heterocycles. The Balaban J connectivity index is 1.67. The second-order valence-corrected chi connectivity index (χ2v) is 6.87. The fourth-order valence-electron chi connectivity index (χ4n) is 2.69. The molecule has 1 amide bonds. The summed E-state index contributed by atoms with van der Waals surface area (Å²) in [5.41, 5.74) is 1.41. The maximum atomic E-state index is 13.8. The molecule has 0 saturated heterocycles.